The first-order valence-electron chi connectivity index (χ1n) is 5.91. The molecule has 0 bridgehead atoms. The molecule has 1 aliphatic rings. The standard InChI is InChI=1S/C13H19NO2/c15-12-8-11(9-12)10-14-6-7-16-13-4-2-1-3-5-13/h1-5,11-12,14-15H,6-10H2. The van der Waals surface area contributed by atoms with Crippen molar-refractivity contribution in [1.82, 2.24) is 5.32 Å². The predicted molar refractivity (Wildman–Crippen MR) is 63.5 cm³/mol. The van der Waals surface area contributed by atoms with E-state index in [0.29, 0.717) is 12.5 Å². The lowest BCUT2D eigenvalue weighted by molar-refractivity contribution is 0.0428. The Kier molecular flexibility index (Phi) is 4.19. The largest absolute Gasteiger partial charge is 0.492 e. The van der Waals surface area contributed by atoms with Gasteiger partial charge < -0.3 is 15.2 Å². The third-order valence-electron chi connectivity index (χ3n) is 2.93. The number of ether oxygens (including phenoxy) is 1. The van der Waals surface area contributed by atoms with Crippen LogP contribution in [0.15, 0.2) is 30.3 Å². The van der Waals surface area contributed by atoms with Crippen LogP contribution >= 0.6 is 0 Å². The minimum Gasteiger partial charge on any atom is -0.492 e. The molecule has 0 unspecified atom stereocenters. The summed E-state index contributed by atoms with van der Waals surface area (Å²) in [6.07, 6.45) is 1.85. The molecule has 2 rings (SSSR count). The van der Waals surface area contributed by atoms with Crippen molar-refractivity contribution in [3.8, 4) is 5.75 Å². The summed E-state index contributed by atoms with van der Waals surface area (Å²) >= 11 is 0. The van der Waals surface area contributed by atoms with Crippen molar-refractivity contribution in [2.45, 2.75) is 18.9 Å². The van der Waals surface area contributed by atoms with Crippen LogP contribution in [0.5, 0.6) is 5.75 Å². The molecule has 1 aromatic carbocycles. The van der Waals surface area contributed by atoms with Crippen LogP contribution in [0.25, 0.3) is 0 Å². The molecule has 1 aromatic rings. The van der Waals surface area contributed by atoms with Gasteiger partial charge in [0, 0.05) is 6.54 Å². The van der Waals surface area contributed by atoms with Gasteiger partial charge in [0.2, 0.25) is 0 Å². The van der Waals surface area contributed by atoms with Gasteiger partial charge in [-0.2, -0.15) is 0 Å². The van der Waals surface area contributed by atoms with Crippen LogP contribution in [0.4, 0.5) is 0 Å². The summed E-state index contributed by atoms with van der Waals surface area (Å²) in [4.78, 5) is 0. The highest BCUT2D eigenvalue weighted by Crippen LogP contribution is 2.25. The van der Waals surface area contributed by atoms with Gasteiger partial charge in [-0.05, 0) is 37.4 Å². The number of aliphatic hydroxyl groups is 1. The van der Waals surface area contributed by atoms with Crippen LogP contribution in [0, 0.1) is 5.92 Å². The summed E-state index contributed by atoms with van der Waals surface area (Å²) < 4.78 is 5.55. The average molecular weight is 221 g/mol. The zero-order valence-electron chi connectivity index (χ0n) is 9.43. The lowest BCUT2D eigenvalue weighted by Gasteiger charge is -2.31. The Morgan fingerprint density at radius 3 is 2.69 bits per heavy atom. The van der Waals surface area contributed by atoms with Crippen LogP contribution in [-0.4, -0.2) is 30.9 Å². The maximum Gasteiger partial charge on any atom is 0.119 e. The molecule has 0 aromatic heterocycles. The van der Waals surface area contributed by atoms with Gasteiger partial charge in [-0.1, -0.05) is 18.2 Å². The summed E-state index contributed by atoms with van der Waals surface area (Å²) in [6.45, 7) is 2.55. The molecule has 0 heterocycles. The second-order valence-electron chi connectivity index (χ2n) is 4.36. The second-order valence-corrected chi connectivity index (χ2v) is 4.36. The number of aliphatic hydroxyl groups excluding tert-OH is 1. The van der Waals surface area contributed by atoms with Gasteiger partial charge in [-0.15, -0.1) is 0 Å². The highest BCUT2D eigenvalue weighted by Gasteiger charge is 2.26. The molecule has 0 spiro atoms. The summed E-state index contributed by atoms with van der Waals surface area (Å²) in [5, 5.41) is 12.5. The highest BCUT2D eigenvalue weighted by atomic mass is 16.5. The van der Waals surface area contributed by atoms with Crippen molar-refractivity contribution in [2.75, 3.05) is 19.7 Å². The van der Waals surface area contributed by atoms with E-state index in [0.717, 1.165) is 31.7 Å². The smallest absolute Gasteiger partial charge is 0.119 e. The first kappa shape index (κ1) is 11.4. The monoisotopic (exact) mass is 221 g/mol. The molecule has 0 radical (unpaired) electrons. The molecular formula is C13H19NO2. The lowest BCUT2D eigenvalue weighted by atomic mass is 9.82. The number of para-hydroxylation sites is 1. The summed E-state index contributed by atoms with van der Waals surface area (Å²) in [7, 11) is 0. The molecule has 1 saturated carbocycles. The molecule has 88 valence electrons. The molecule has 0 saturated heterocycles. The van der Waals surface area contributed by atoms with Gasteiger partial charge in [0.15, 0.2) is 0 Å². The molecule has 3 heteroatoms. The number of hydrogen-bond donors (Lipinski definition) is 2. The molecule has 1 fully saturated rings. The first-order valence-corrected chi connectivity index (χ1v) is 5.91. The molecule has 2 N–H and O–H groups in total. The van der Waals surface area contributed by atoms with Crippen LogP contribution in [0.2, 0.25) is 0 Å². The molecule has 3 nitrogen and oxygen atoms in total. The van der Waals surface area contributed by atoms with Gasteiger partial charge in [0.1, 0.15) is 12.4 Å². The van der Waals surface area contributed by atoms with Gasteiger partial charge in [0.25, 0.3) is 0 Å². The lowest BCUT2D eigenvalue weighted by Crippen LogP contribution is -2.37. The number of nitrogens with one attached hydrogen (secondary N) is 1. The van der Waals surface area contributed by atoms with E-state index in [-0.39, 0.29) is 6.10 Å². The maximum absolute atomic E-state index is 9.12. The molecule has 1 aliphatic carbocycles. The van der Waals surface area contributed by atoms with E-state index in [2.05, 4.69) is 5.32 Å². The first-order chi connectivity index (χ1) is 7.84. The quantitative estimate of drug-likeness (QED) is 0.714. The Morgan fingerprint density at radius 1 is 1.25 bits per heavy atom. The van der Waals surface area contributed by atoms with Crippen molar-refractivity contribution >= 4 is 0 Å². The number of hydrogen-bond acceptors (Lipinski definition) is 3. The molecule has 0 amide bonds. The molecule has 16 heavy (non-hydrogen) atoms. The minimum atomic E-state index is -0.0487. The predicted octanol–water partition coefficient (Wildman–Crippen LogP) is 1.43. The van der Waals surface area contributed by atoms with E-state index < -0.39 is 0 Å². The number of rotatable bonds is 6. The Bertz CT molecular complexity index is 296. The van der Waals surface area contributed by atoms with Gasteiger partial charge in [-0.3, -0.25) is 0 Å². The average Bonchev–Trinajstić information content (AvgIpc) is 2.27. The maximum atomic E-state index is 9.12. The molecule has 0 aliphatic heterocycles. The third kappa shape index (κ3) is 3.51. The van der Waals surface area contributed by atoms with E-state index in [1.165, 1.54) is 0 Å². The van der Waals surface area contributed by atoms with E-state index >= 15 is 0 Å². The van der Waals surface area contributed by atoms with Crippen LogP contribution in [-0.2, 0) is 0 Å². The van der Waals surface area contributed by atoms with E-state index in [9.17, 15) is 0 Å². The topological polar surface area (TPSA) is 41.5 Å². The SMILES string of the molecule is OC1CC(CNCCOc2ccccc2)C1. The van der Waals surface area contributed by atoms with E-state index in [1.54, 1.807) is 0 Å². The van der Waals surface area contributed by atoms with Crippen molar-refractivity contribution in [1.29, 1.82) is 0 Å². The Morgan fingerprint density at radius 2 is 2.00 bits per heavy atom. The van der Waals surface area contributed by atoms with Gasteiger partial charge >= 0.3 is 0 Å². The third-order valence-corrected chi connectivity index (χ3v) is 2.93. The fraction of sp³-hybridized carbons (Fsp3) is 0.538. The van der Waals surface area contributed by atoms with Gasteiger partial charge in [0.05, 0.1) is 6.10 Å². The second kappa shape index (κ2) is 5.87. The van der Waals surface area contributed by atoms with Crippen molar-refractivity contribution in [2.24, 2.45) is 5.92 Å². The zero-order chi connectivity index (χ0) is 11.2. The van der Waals surface area contributed by atoms with Crippen molar-refractivity contribution in [3.05, 3.63) is 30.3 Å². The zero-order valence-corrected chi connectivity index (χ0v) is 9.43. The normalized spacial score (nSPS) is 23.8. The van der Waals surface area contributed by atoms with Gasteiger partial charge in [-0.25, -0.2) is 0 Å². The summed E-state index contributed by atoms with van der Waals surface area (Å²) in [5.74, 6) is 1.58. The fourth-order valence-electron chi connectivity index (χ4n) is 1.93. The Hall–Kier alpha value is -1.06. The van der Waals surface area contributed by atoms with Crippen molar-refractivity contribution in [3.63, 3.8) is 0 Å². The van der Waals surface area contributed by atoms with Crippen LogP contribution in [0.3, 0.4) is 0 Å². The Labute approximate surface area is 96.4 Å². The minimum absolute atomic E-state index is 0.0487. The summed E-state index contributed by atoms with van der Waals surface area (Å²) in [6, 6.07) is 9.84. The van der Waals surface area contributed by atoms with Crippen LogP contribution in [0.1, 0.15) is 12.8 Å². The van der Waals surface area contributed by atoms with E-state index in [1.807, 2.05) is 30.3 Å². The van der Waals surface area contributed by atoms with Crippen LogP contribution < -0.4 is 10.1 Å². The Balaban J connectivity index is 1.49. The van der Waals surface area contributed by atoms with E-state index in [4.69, 9.17) is 9.84 Å². The molecule has 0 atom stereocenters. The highest BCUT2D eigenvalue weighted by molar-refractivity contribution is 5.20. The fourth-order valence-corrected chi connectivity index (χ4v) is 1.93. The van der Waals surface area contributed by atoms with Crippen molar-refractivity contribution < 1.29 is 9.84 Å². The summed E-state index contributed by atoms with van der Waals surface area (Å²) in [5.41, 5.74) is 0. The molecular weight excluding hydrogens is 202 g/mol. The number of benzene rings is 1.